The minimum Gasteiger partial charge on any atom is -0.351 e. The average Bonchev–Trinajstić information content (AvgIpc) is 3.04. The van der Waals surface area contributed by atoms with E-state index in [1.165, 1.54) is 36.4 Å². The molecule has 0 aliphatic heterocycles. The van der Waals surface area contributed by atoms with Gasteiger partial charge in [0.05, 0.1) is 16.5 Å². The first-order valence-corrected chi connectivity index (χ1v) is 7.90. The molecule has 2 N–H and O–H groups in total. The molecule has 140 valence electrons. The van der Waals surface area contributed by atoms with Crippen molar-refractivity contribution < 1.29 is 22.9 Å². The van der Waals surface area contributed by atoms with E-state index in [1.54, 1.807) is 6.92 Å². The lowest BCUT2D eigenvalue weighted by Crippen LogP contribution is -2.26. The number of aromatic amines is 1. The molecule has 0 saturated heterocycles. The number of non-ortho nitro benzene ring substituents is 1. The van der Waals surface area contributed by atoms with Gasteiger partial charge in [-0.25, -0.2) is 0 Å². The second-order valence-corrected chi connectivity index (χ2v) is 6.03. The summed E-state index contributed by atoms with van der Waals surface area (Å²) < 4.78 is 38.4. The largest absolute Gasteiger partial charge is 0.416 e. The van der Waals surface area contributed by atoms with Crippen molar-refractivity contribution >= 4 is 22.5 Å². The summed E-state index contributed by atoms with van der Waals surface area (Å²) in [6, 6.07) is 9.95. The number of benzene rings is 2. The highest BCUT2D eigenvalue weighted by Gasteiger charge is 2.30. The van der Waals surface area contributed by atoms with Crippen LogP contribution >= 0.6 is 0 Å². The molecule has 0 spiro atoms. The van der Waals surface area contributed by atoms with Gasteiger partial charge in [0.15, 0.2) is 0 Å². The van der Waals surface area contributed by atoms with Crippen molar-refractivity contribution in [3.63, 3.8) is 0 Å². The average molecular weight is 377 g/mol. The Hall–Kier alpha value is -3.36. The van der Waals surface area contributed by atoms with E-state index in [9.17, 15) is 28.1 Å². The summed E-state index contributed by atoms with van der Waals surface area (Å²) >= 11 is 0. The molecule has 0 aliphatic rings. The zero-order chi connectivity index (χ0) is 19.8. The number of carbonyl (C=O) groups excluding carboxylic acids is 1. The number of nitro groups is 1. The van der Waals surface area contributed by atoms with Crippen molar-refractivity contribution in [1.82, 2.24) is 10.3 Å². The van der Waals surface area contributed by atoms with Gasteiger partial charge < -0.3 is 10.3 Å². The van der Waals surface area contributed by atoms with Gasteiger partial charge in [0.1, 0.15) is 5.69 Å². The van der Waals surface area contributed by atoms with Crippen molar-refractivity contribution in [1.29, 1.82) is 0 Å². The minimum absolute atomic E-state index is 0.0617. The van der Waals surface area contributed by atoms with Gasteiger partial charge in [0.25, 0.3) is 11.6 Å². The molecule has 0 radical (unpaired) electrons. The van der Waals surface area contributed by atoms with E-state index in [0.29, 0.717) is 10.9 Å². The Balaban J connectivity index is 1.78. The number of aromatic nitrogens is 1. The number of nitrogens with one attached hydrogen (secondary N) is 2. The minimum atomic E-state index is -4.47. The van der Waals surface area contributed by atoms with Crippen LogP contribution in [0.3, 0.4) is 0 Å². The van der Waals surface area contributed by atoms with E-state index in [4.69, 9.17) is 0 Å². The van der Waals surface area contributed by atoms with E-state index >= 15 is 0 Å². The fraction of sp³-hybridized carbons (Fsp3) is 0.167. The van der Waals surface area contributed by atoms with Crippen molar-refractivity contribution in [2.45, 2.75) is 19.1 Å². The summed E-state index contributed by atoms with van der Waals surface area (Å²) in [6.07, 6.45) is -4.47. The second kappa shape index (κ2) is 6.75. The predicted octanol–water partition coefficient (Wildman–Crippen LogP) is 4.59. The number of alkyl halides is 3. The number of hydrogen-bond donors (Lipinski definition) is 2. The molecule has 1 atom stereocenters. The standard InChI is InChI=1S/C18H14F3N3O3/c1-10(11-3-6-14(7-4-11)24(26)27)22-17(25)16-8-12-2-5-13(18(19,20)21)9-15(12)23-16/h2-10,23H,1H3,(H,22,25)/t10-/m1/s1. The molecule has 27 heavy (non-hydrogen) atoms. The first-order valence-electron chi connectivity index (χ1n) is 7.90. The Kier molecular flexibility index (Phi) is 4.61. The smallest absolute Gasteiger partial charge is 0.351 e. The van der Waals surface area contributed by atoms with Crippen LogP contribution in [-0.2, 0) is 6.18 Å². The number of halogens is 3. The Labute approximate surface area is 151 Å². The molecule has 3 rings (SSSR count). The molecule has 3 aromatic rings. The van der Waals surface area contributed by atoms with Crippen LogP contribution in [0.25, 0.3) is 10.9 Å². The normalized spacial score (nSPS) is 12.7. The van der Waals surface area contributed by atoms with Crippen LogP contribution in [0.4, 0.5) is 18.9 Å². The molecule has 9 heteroatoms. The lowest BCUT2D eigenvalue weighted by atomic mass is 10.1. The first-order chi connectivity index (χ1) is 12.6. The Morgan fingerprint density at radius 3 is 2.41 bits per heavy atom. The SMILES string of the molecule is C[C@@H](NC(=O)c1cc2ccc(C(F)(F)F)cc2[nH]1)c1ccc([N+](=O)[O-])cc1. The van der Waals surface area contributed by atoms with Gasteiger partial charge in [0, 0.05) is 23.0 Å². The Morgan fingerprint density at radius 1 is 1.15 bits per heavy atom. The van der Waals surface area contributed by atoms with E-state index in [1.807, 2.05) is 0 Å². The molecule has 0 aliphatic carbocycles. The number of carbonyl (C=O) groups is 1. The Morgan fingerprint density at radius 2 is 1.81 bits per heavy atom. The van der Waals surface area contributed by atoms with Crippen molar-refractivity contribution in [3.8, 4) is 0 Å². The van der Waals surface area contributed by atoms with Crippen molar-refractivity contribution in [2.75, 3.05) is 0 Å². The fourth-order valence-electron chi connectivity index (χ4n) is 2.67. The third kappa shape index (κ3) is 3.91. The summed E-state index contributed by atoms with van der Waals surface area (Å²) in [6.45, 7) is 1.70. The number of fused-ring (bicyclic) bond motifs is 1. The maximum atomic E-state index is 12.8. The molecule has 0 bridgehead atoms. The quantitative estimate of drug-likeness (QED) is 0.515. The fourth-order valence-corrected chi connectivity index (χ4v) is 2.67. The molecule has 1 heterocycles. The lowest BCUT2D eigenvalue weighted by molar-refractivity contribution is -0.384. The highest BCUT2D eigenvalue weighted by Crippen LogP contribution is 2.31. The number of nitro benzene ring substituents is 1. The van der Waals surface area contributed by atoms with Crippen molar-refractivity contribution in [2.24, 2.45) is 0 Å². The summed E-state index contributed by atoms with van der Waals surface area (Å²) in [7, 11) is 0. The van der Waals surface area contributed by atoms with Crippen LogP contribution in [0.2, 0.25) is 0 Å². The van der Waals surface area contributed by atoms with Gasteiger partial charge in [-0.05, 0) is 30.7 Å². The van der Waals surface area contributed by atoms with E-state index in [0.717, 1.165) is 12.1 Å². The highest BCUT2D eigenvalue weighted by atomic mass is 19.4. The molecule has 1 amide bonds. The van der Waals surface area contributed by atoms with E-state index in [2.05, 4.69) is 10.3 Å². The van der Waals surface area contributed by atoms with Gasteiger partial charge in [-0.15, -0.1) is 0 Å². The van der Waals surface area contributed by atoms with Crippen LogP contribution in [0.15, 0.2) is 48.5 Å². The van der Waals surface area contributed by atoms with E-state index in [-0.39, 0.29) is 16.9 Å². The number of hydrogen-bond acceptors (Lipinski definition) is 3. The molecule has 1 aromatic heterocycles. The number of nitrogens with zero attached hydrogens (tertiary/aromatic N) is 1. The predicted molar refractivity (Wildman–Crippen MR) is 92.3 cm³/mol. The summed E-state index contributed by atoms with van der Waals surface area (Å²) in [5, 5.41) is 13.9. The summed E-state index contributed by atoms with van der Waals surface area (Å²) in [4.78, 5) is 25.2. The molecule has 6 nitrogen and oxygen atoms in total. The van der Waals surface area contributed by atoms with Gasteiger partial charge >= 0.3 is 6.18 Å². The third-order valence-corrected chi connectivity index (χ3v) is 4.15. The monoisotopic (exact) mass is 377 g/mol. The van der Waals surface area contributed by atoms with Crippen LogP contribution in [0, 0.1) is 10.1 Å². The lowest BCUT2D eigenvalue weighted by Gasteiger charge is -2.13. The first kappa shape index (κ1) is 18.4. The number of H-pyrrole nitrogens is 1. The summed E-state index contributed by atoms with van der Waals surface area (Å²) in [5.41, 5.74) is 0.122. The second-order valence-electron chi connectivity index (χ2n) is 6.03. The number of amides is 1. The van der Waals surface area contributed by atoms with Gasteiger partial charge in [-0.2, -0.15) is 13.2 Å². The van der Waals surface area contributed by atoms with Crippen LogP contribution in [-0.4, -0.2) is 15.8 Å². The van der Waals surface area contributed by atoms with Gasteiger partial charge in [0.2, 0.25) is 0 Å². The van der Waals surface area contributed by atoms with Gasteiger partial charge in [-0.1, -0.05) is 18.2 Å². The third-order valence-electron chi connectivity index (χ3n) is 4.15. The van der Waals surface area contributed by atoms with Crippen LogP contribution in [0.1, 0.15) is 34.6 Å². The maximum absolute atomic E-state index is 12.8. The van der Waals surface area contributed by atoms with E-state index < -0.39 is 28.6 Å². The van der Waals surface area contributed by atoms with Crippen molar-refractivity contribution in [3.05, 3.63) is 75.5 Å². The van der Waals surface area contributed by atoms with Crippen LogP contribution < -0.4 is 5.32 Å². The van der Waals surface area contributed by atoms with Gasteiger partial charge in [-0.3, -0.25) is 14.9 Å². The molecule has 2 aromatic carbocycles. The molecular weight excluding hydrogens is 363 g/mol. The zero-order valence-corrected chi connectivity index (χ0v) is 14.0. The molecule has 0 saturated carbocycles. The molecule has 0 fully saturated rings. The molecule has 0 unspecified atom stereocenters. The maximum Gasteiger partial charge on any atom is 0.416 e. The zero-order valence-electron chi connectivity index (χ0n) is 14.0. The Bertz CT molecular complexity index is 1010. The van der Waals surface area contributed by atoms with Crippen LogP contribution in [0.5, 0.6) is 0 Å². The number of rotatable bonds is 4. The molecular formula is C18H14F3N3O3. The topological polar surface area (TPSA) is 88.0 Å². The summed E-state index contributed by atoms with van der Waals surface area (Å²) in [5.74, 6) is -0.495. The highest BCUT2D eigenvalue weighted by molar-refractivity contribution is 5.98.